The first kappa shape index (κ1) is 53.9. The van der Waals surface area contributed by atoms with Crippen molar-refractivity contribution in [1.82, 2.24) is 0 Å². The van der Waals surface area contributed by atoms with Crippen LogP contribution in [-0.2, 0) is 10.1 Å². The second-order valence-electron chi connectivity index (χ2n) is 18.0. The van der Waals surface area contributed by atoms with Gasteiger partial charge in [-0.2, -0.15) is 8.42 Å². The molecule has 0 aliphatic heterocycles. The molecule has 54 heavy (non-hydrogen) atoms. The predicted octanol–water partition coefficient (Wildman–Crippen LogP) is 16.7. The lowest BCUT2D eigenvalue weighted by atomic mass is 10.0. The summed E-state index contributed by atoms with van der Waals surface area (Å²) in [4.78, 5) is 0. The van der Waals surface area contributed by atoms with Crippen molar-refractivity contribution in [3.05, 3.63) is 0 Å². The summed E-state index contributed by atoms with van der Waals surface area (Å²) in [5.74, 6) is -0.0801. The zero-order valence-electron chi connectivity index (χ0n) is 37.6. The van der Waals surface area contributed by atoms with E-state index in [1.165, 1.54) is 275 Å². The first-order valence-electron chi connectivity index (χ1n) is 25.2. The van der Waals surface area contributed by atoms with Gasteiger partial charge < -0.3 is 4.48 Å². The van der Waals surface area contributed by atoms with Gasteiger partial charge in [-0.1, -0.05) is 233 Å². The maximum Gasteiger partial charge on any atom is 0.264 e. The minimum atomic E-state index is -3.87. The molecule has 0 bridgehead atoms. The molecule has 0 aromatic rings. The molecule has 0 rings (SSSR count). The Morgan fingerprint density at radius 3 is 0.630 bits per heavy atom. The van der Waals surface area contributed by atoms with E-state index >= 15 is 0 Å². The Hall–Kier alpha value is -0.130. The Labute approximate surface area is 342 Å². The van der Waals surface area contributed by atoms with E-state index in [1.807, 2.05) is 0 Å². The van der Waals surface area contributed by atoms with Gasteiger partial charge in [0.15, 0.2) is 0 Å². The molecule has 0 aromatic heterocycles. The zero-order valence-corrected chi connectivity index (χ0v) is 38.5. The number of nitrogens with zero attached hydrogens (tertiary/aromatic N) is 1. The van der Waals surface area contributed by atoms with Gasteiger partial charge in [-0.25, -0.2) is 0 Å². The molecule has 0 radical (unpaired) electrons. The zero-order chi connectivity index (χ0) is 39.5. The van der Waals surface area contributed by atoms with Crippen LogP contribution in [0.4, 0.5) is 0 Å². The standard InChI is InChI=1S/C49H101NO3S/c1-4-7-10-13-16-19-22-25-28-31-34-37-40-45-50(48-43-44-49-54(51,52)53,46-41-38-35-32-29-26-23-20-17-14-11-8-5-2)47-42-39-36-33-30-27-24-21-18-15-12-9-6-3/h4-49H2,1-3H3/p+1. The molecule has 0 heterocycles. The molecule has 0 saturated carbocycles. The molecule has 0 aliphatic rings. The summed E-state index contributed by atoms with van der Waals surface area (Å²) in [5.41, 5.74) is 0. The Morgan fingerprint density at radius 2 is 0.444 bits per heavy atom. The lowest BCUT2D eigenvalue weighted by Gasteiger charge is -2.39. The number of rotatable bonds is 47. The van der Waals surface area contributed by atoms with Crippen LogP contribution in [0.15, 0.2) is 0 Å². The van der Waals surface area contributed by atoms with Crippen LogP contribution in [0.5, 0.6) is 0 Å². The van der Waals surface area contributed by atoms with Gasteiger partial charge in [0.25, 0.3) is 10.1 Å². The third kappa shape index (κ3) is 41.5. The van der Waals surface area contributed by atoms with Gasteiger partial charge in [-0.15, -0.1) is 0 Å². The summed E-state index contributed by atoms with van der Waals surface area (Å²) >= 11 is 0. The highest BCUT2D eigenvalue weighted by molar-refractivity contribution is 7.85. The van der Waals surface area contributed by atoms with Crippen molar-refractivity contribution in [2.24, 2.45) is 0 Å². The Bertz CT molecular complexity index is 742. The molecule has 0 aromatic carbocycles. The van der Waals surface area contributed by atoms with Gasteiger partial charge in [-0.3, -0.25) is 4.55 Å². The number of quaternary nitrogens is 1. The molecular weight excluding hydrogens is 683 g/mol. The fourth-order valence-corrected chi connectivity index (χ4v) is 9.37. The molecule has 326 valence electrons. The van der Waals surface area contributed by atoms with Gasteiger partial charge in [-0.05, 0) is 51.4 Å². The van der Waals surface area contributed by atoms with Gasteiger partial charge in [0.05, 0.1) is 31.9 Å². The highest BCUT2D eigenvalue weighted by Gasteiger charge is 2.26. The molecular formula is C49H102NO3S+. The van der Waals surface area contributed by atoms with E-state index in [2.05, 4.69) is 20.8 Å². The fraction of sp³-hybridized carbons (Fsp3) is 1.00. The van der Waals surface area contributed by atoms with Gasteiger partial charge in [0, 0.05) is 0 Å². The first-order chi connectivity index (χ1) is 26.4. The van der Waals surface area contributed by atoms with Crippen LogP contribution in [0, 0.1) is 0 Å². The minimum Gasteiger partial charge on any atom is -0.324 e. The number of hydrogen-bond donors (Lipinski definition) is 1. The molecule has 5 heteroatoms. The van der Waals surface area contributed by atoms with E-state index in [0.29, 0.717) is 6.42 Å². The molecule has 0 atom stereocenters. The summed E-state index contributed by atoms with van der Waals surface area (Å²) in [6.07, 6.45) is 55.9. The smallest absolute Gasteiger partial charge is 0.264 e. The summed E-state index contributed by atoms with van der Waals surface area (Å²) < 4.78 is 33.7. The van der Waals surface area contributed by atoms with Crippen LogP contribution < -0.4 is 0 Å². The van der Waals surface area contributed by atoms with E-state index in [0.717, 1.165) is 13.0 Å². The number of unbranched alkanes of at least 4 members (excludes halogenated alkanes) is 37. The minimum absolute atomic E-state index is 0.0801. The molecule has 4 nitrogen and oxygen atoms in total. The highest BCUT2D eigenvalue weighted by Crippen LogP contribution is 2.21. The van der Waals surface area contributed by atoms with Crippen LogP contribution in [-0.4, -0.2) is 49.4 Å². The van der Waals surface area contributed by atoms with E-state index in [1.54, 1.807) is 0 Å². The van der Waals surface area contributed by atoms with Crippen LogP contribution in [0.3, 0.4) is 0 Å². The summed E-state index contributed by atoms with van der Waals surface area (Å²) in [7, 11) is -3.87. The molecule has 0 aliphatic carbocycles. The van der Waals surface area contributed by atoms with Crippen LogP contribution in [0.2, 0.25) is 0 Å². The molecule has 0 spiro atoms. The van der Waals surface area contributed by atoms with Crippen molar-refractivity contribution < 1.29 is 17.5 Å². The molecule has 0 saturated heterocycles. The quantitative estimate of drug-likeness (QED) is 0.0380. The topological polar surface area (TPSA) is 54.4 Å². The Kier molecular flexibility index (Phi) is 42.4. The fourth-order valence-electron chi connectivity index (χ4n) is 8.80. The van der Waals surface area contributed by atoms with Crippen LogP contribution >= 0.6 is 0 Å². The highest BCUT2D eigenvalue weighted by atomic mass is 32.2. The average Bonchev–Trinajstić information content (AvgIpc) is 3.15. The molecule has 0 unspecified atom stereocenters. The first-order valence-corrected chi connectivity index (χ1v) is 26.8. The lowest BCUT2D eigenvalue weighted by molar-refractivity contribution is -0.929. The van der Waals surface area contributed by atoms with E-state index in [9.17, 15) is 13.0 Å². The molecule has 0 fully saturated rings. The van der Waals surface area contributed by atoms with Crippen molar-refractivity contribution in [2.45, 2.75) is 284 Å². The van der Waals surface area contributed by atoms with Crippen molar-refractivity contribution in [3.63, 3.8) is 0 Å². The maximum atomic E-state index is 11.5. The summed E-state index contributed by atoms with van der Waals surface area (Å²) in [6, 6.07) is 0. The number of hydrogen-bond acceptors (Lipinski definition) is 2. The van der Waals surface area contributed by atoms with Gasteiger partial charge in [0.1, 0.15) is 0 Å². The SMILES string of the molecule is CCCCCCCCCCCCCCC[N+](CCCCCCCCCCCCCCC)(CCCCCCCCCCCCCCC)CCCCS(=O)(=O)O. The van der Waals surface area contributed by atoms with Crippen molar-refractivity contribution >= 4 is 10.1 Å². The maximum absolute atomic E-state index is 11.5. The monoisotopic (exact) mass is 785 g/mol. The lowest BCUT2D eigenvalue weighted by Crippen LogP contribution is -2.51. The normalized spacial score (nSPS) is 12.3. The van der Waals surface area contributed by atoms with Crippen molar-refractivity contribution in [2.75, 3.05) is 31.9 Å². The van der Waals surface area contributed by atoms with E-state index in [4.69, 9.17) is 0 Å². The molecule has 0 amide bonds. The summed E-state index contributed by atoms with van der Waals surface area (Å²) in [5, 5.41) is 0. The third-order valence-corrected chi connectivity index (χ3v) is 13.3. The van der Waals surface area contributed by atoms with Gasteiger partial charge >= 0.3 is 0 Å². The van der Waals surface area contributed by atoms with E-state index < -0.39 is 10.1 Å². The Balaban J connectivity index is 4.79. The Morgan fingerprint density at radius 1 is 0.278 bits per heavy atom. The van der Waals surface area contributed by atoms with Crippen LogP contribution in [0.25, 0.3) is 0 Å². The second kappa shape index (κ2) is 42.5. The van der Waals surface area contributed by atoms with Crippen molar-refractivity contribution in [1.29, 1.82) is 0 Å². The predicted molar refractivity (Wildman–Crippen MR) is 242 cm³/mol. The molecule has 1 N–H and O–H groups in total. The van der Waals surface area contributed by atoms with E-state index in [-0.39, 0.29) is 5.75 Å². The van der Waals surface area contributed by atoms with Gasteiger partial charge in [0.2, 0.25) is 0 Å². The average molecular weight is 785 g/mol. The second-order valence-corrected chi connectivity index (χ2v) is 19.5. The third-order valence-electron chi connectivity index (χ3n) is 12.5. The summed E-state index contributed by atoms with van der Waals surface area (Å²) in [6.45, 7) is 11.8. The van der Waals surface area contributed by atoms with Crippen LogP contribution in [0.1, 0.15) is 284 Å². The largest absolute Gasteiger partial charge is 0.324 e. The van der Waals surface area contributed by atoms with Crippen molar-refractivity contribution in [3.8, 4) is 0 Å².